The van der Waals surface area contributed by atoms with Crippen LogP contribution in [0.3, 0.4) is 0 Å². The molecule has 4 rings (SSSR count). The molecule has 3 aromatic carbocycles. The lowest BCUT2D eigenvalue weighted by Gasteiger charge is -2.04. The monoisotopic (exact) mass is 378 g/mol. The SMILES string of the molecule is O=C(Nc1ncc(Cc2cccc(Cl)c2)s1)c1ccc2ccccc2c1. The van der Waals surface area contributed by atoms with E-state index in [2.05, 4.69) is 10.3 Å². The second-order valence-corrected chi connectivity index (χ2v) is 7.51. The second kappa shape index (κ2) is 7.28. The molecule has 0 spiro atoms. The van der Waals surface area contributed by atoms with Crippen molar-refractivity contribution in [2.75, 3.05) is 5.32 Å². The molecule has 5 heteroatoms. The number of thiazole rings is 1. The van der Waals surface area contributed by atoms with Crippen LogP contribution in [0.2, 0.25) is 5.02 Å². The van der Waals surface area contributed by atoms with Crippen LogP contribution in [0.15, 0.2) is 72.9 Å². The Morgan fingerprint density at radius 1 is 1.00 bits per heavy atom. The van der Waals surface area contributed by atoms with Crippen molar-refractivity contribution in [3.8, 4) is 0 Å². The summed E-state index contributed by atoms with van der Waals surface area (Å²) in [7, 11) is 0. The topological polar surface area (TPSA) is 42.0 Å². The van der Waals surface area contributed by atoms with Gasteiger partial charge in [0.15, 0.2) is 5.13 Å². The first kappa shape index (κ1) is 16.8. The highest BCUT2D eigenvalue weighted by atomic mass is 35.5. The molecule has 0 saturated heterocycles. The minimum Gasteiger partial charge on any atom is -0.298 e. The first-order valence-corrected chi connectivity index (χ1v) is 9.36. The Hall–Kier alpha value is -2.69. The normalized spacial score (nSPS) is 10.8. The van der Waals surface area contributed by atoms with Crippen LogP contribution in [0.25, 0.3) is 10.8 Å². The van der Waals surface area contributed by atoms with Crippen molar-refractivity contribution in [3.63, 3.8) is 0 Å². The van der Waals surface area contributed by atoms with Gasteiger partial charge in [-0.25, -0.2) is 4.98 Å². The van der Waals surface area contributed by atoms with Gasteiger partial charge in [-0.1, -0.05) is 54.1 Å². The first-order chi connectivity index (χ1) is 12.7. The summed E-state index contributed by atoms with van der Waals surface area (Å²) in [6.07, 6.45) is 2.53. The first-order valence-electron chi connectivity index (χ1n) is 8.17. The fourth-order valence-corrected chi connectivity index (χ4v) is 3.85. The minimum atomic E-state index is -0.153. The number of nitrogens with one attached hydrogen (secondary N) is 1. The second-order valence-electron chi connectivity index (χ2n) is 5.95. The molecule has 0 bridgehead atoms. The smallest absolute Gasteiger partial charge is 0.257 e. The van der Waals surface area contributed by atoms with Crippen molar-refractivity contribution in [2.45, 2.75) is 6.42 Å². The summed E-state index contributed by atoms with van der Waals surface area (Å²) >= 11 is 7.50. The average Bonchev–Trinajstić information content (AvgIpc) is 3.08. The molecular formula is C21H15ClN2OS. The summed E-state index contributed by atoms with van der Waals surface area (Å²) in [5, 5.41) is 6.36. The van der Waals surface area contributed by atoms with Gasteiger partial charge in [-0.15, -0.1) is 11.3 Å². The van der Waals surface area contributed by atoms with E-state index in [4.69, 9.17) is 11.6 Å². The quantitative estimate of drug-likeness (QED) is 0.488. The zero-order valence-corrected chi connectivity index (χ0v) is 15.3. The predicted octanol–water partition coefficient (Wildman–Crippen LogP) is 5.79. The van der Waals surface area contributed by atoms with Crippen LogP contribution >= 0.6 is 22.9 Å². The Morgan fingerprint density at radius 3 is 2.69 bits per heavy atom. The average molecular weight is 379 g/mol. The maximum Gasteiger partial charge on any atom is 0.257 e. The number of fused-ring (bicyclic) bond motifs is 1. The van der Waals surface area contributed by atoms with Gasteiger partial charge in [0.1, 0.15) is 0 Å². The Balaban J connectivity index is 1.48. The lowest BCUT2D eigenvalue weighted by Crippen LogP contribution is -2.11. The molecule has 1 N–H and O–H groups in total. The van der Waals surface area contributed by atoms with Gasteiger partial charge in [0, 0.05) is 28.1 Å². The number of amides is 1. The lowest BCUT2D eigenvalue weighted by molar-refractivity contribution is 0.102. The predicted molar refractivity (Wildman–Crippen MR) is 108 cm³/mol. The van der Waals surface area contributed by atoms with Crippen LogP contribution in [0, 0.1) is 0 Å². The third-order valence-electron chi connectivity index (χ3n) is 4.05. The number of carbonyl (C=O) groups is 1. The number of halogens is 1. The highest BCUT2D eigenvalue weighted by Crippen LogP contribution is 2.23. The van der Waals surface area contributed by atoms with Gasteiger partial charge in [-0.2, -0.15) is 0 Å². The Labute approximate surface area is 160 Å². The highest BCUT2D eigenvalue weighted by Gasteiger charge is 2.10. The van der Waals surface area contributed by atoms with Gasteiger partial charge < -0.3 is 0 Å². The molecule has 0 atom stereocenters. The van der Waals surface area contributed by atoms with Crippen LogP contribution in [0.5, 0.6) is 0 Å². The fourth-order valence-electron chi connectivity index (χ4n) is 2.79. The molecule has 0 aliphatic heterocycles. The van der Waals surface area contributed by atoms with Crippen LogP contribution in [0.1, 0.15) is 20.8 Å². The standard InChI is InChI=1S/C21H15ClN2OS/c22-18-7-3-4-14(10-18)11-19-13-23-21(26-19)24-20(25)17-9-8-15-5-1-2-6-16(15)12-17/h1-10,12-13H,11H2,(H,23,24,25). The molecule has 1 aromatic heterocycles. The number of rotatable bonds is 4. The van der Waals surface area contributed by atoms with Gasteiger partial charge in [0.25, 0.3) is 5.91 Å². The van der Waals surface area contributed by atoms with Crippen molar-refractivity contribution >= 4 is 44.7 Å². The lowest BCUT2D eigenvalue weighted by atomic mass is 10.1. The number of aromatic nitrogens is 1. The minimum absolute atomic E-state index is 0.153. The summed E-state index contributed by atoms with van der Waals surface area (Å²) in [6.45, 7) is 0. The van der Waals surface area contributed by atoms with E-state index in [1.165, 1.54) is 11.3 Å². The number of nitrogens with zero attached hydrogens (tertiary/aromatic N) is 1. The zero-order valence-electron chi connectivity index (χ0n) is 13.8. The van der Waals surface area contributed by atoms with E-state index in [1.807, 2.05) is 66.7 Å². The molecule has 1 heterocycles. The van der Waals surface area contributed by atoms with Crippen LogP contribution < -0.4 is 5.32 Å². The van der Waals surface area contributed by atoms with E-state index in [0.717, 1.165) is 32.7 Å². The van der Waals surface area contributed by atoms with Crippen molar-refractivity contribution in [2.24, 2.45) is 0 Å². The number of hydrogen-bond donors (Lipinski definition) is 1. The third-order valence-corrected chi connectivity index (χ3v) is 5.20. The molecule has 0 unspecified atom stereocenters. The molecule has 3 nitrogen and oxygen atoms in total. The molecule has 128 valence electrons. The van der Waals surface area contributed by atoms with E-state index in [0.29, 0.717) is 10.7 Å². The van der Waals surface area contributed by atoms with E-state index in [9.17, 15) is 4.79 Å². The van der Waals surface area contributed by atoms with E-state index in [1.54, 1.807) is 6.20 Å². The Morgan fingerprint density at radius 2 is 1.85 bits per heavy atom. The summed E-state index contributed by atoms with van der Waals surface area (Å²) in [6, 6.07) is 21.4. The zero-order chi connectivity index (χ0) is 17.9. The molecule has 0 aliphatic carbocycles. The molecule has 1 amide bonds. The molecule has 0 fully saturated rings. The van der Waals surface area contributed by atoms with Crippen molar-refractivity contribution < 1.29 is 4.79 Å². The van der Waals surface area contributed by atoms with Gasteiger partial charge in [0.2, 0.25) is 0 Å². The van der Waals surface area contributed by atoms with Gasteiger partial charge in [-0.3, -0.25) is 10.1 Å². The fraction of sp³-hybridized carbons (Fsp3) is 0.0476. The molecule has 0 aliphatic rings. The molecule has 4 aromatic rings. The van der Waals surface area contributed by atoms with Crippen LogP contribution in [-0.4, -0.2) is 10.9 Å². The largest absolute Gasteiger partial charge is 0.298 e. The number of anilines is 1. The van der Waals surface area contributed by atoms with E-state index < -0.39 is 0 Å². The maximum absolute atomic E-state index is 12.5. The van der Waals surface area contributed by atoms with Crippen LogP contribution in [0.4, 0.5) is 5.13 Å². The summed E-state index contributed by atoms with van der Waals surface area (Å²) in [4.78, 5) is 17.9. The van der Waals surface area contributed by atoms with E-state index in [-0.39, 0.29) is 5.91 Å². The number of benzene rings is 3. The molecular weight excluding hydrogens is 364 g/mol. The molecule has 0 radical (unpaired) electrons. The maximum atomic E-state index is 12.5. The van der Waals surface area contributed by atoms with Gasteiger partial charge >= 0.3 is 0 Å². The molecule has 0 saturated carbocycles. The Bertz CT molecular complexity index is 1090. The summed E-state index contributed by atoms with van der Waals surface area (Å²) < 4.78 is 0. The Kier molecular flexibility index (Phi) is 4.69. The number of carbonyl (C=O) groups excluding carboxylic acids is 1. The summed E-state index contributed by atoms with van der Waals surface area (Å²) in [5.74, 6) is -0.153. The summed E-state index contributed by atoms with van der Waals surface area (Å²) in [5.41, 5.74) is 1.74. The van der Waals surface area contributed by atoms with Gasteiger partial charge in [0.05, 0.1) is 0 Å². The third kappa shape index (κ3) is 3.77. The molecule has 26 heavy (non-hydrogen) atoms. The van der Waals surface area contributed by atoms with Crippen LogP contribution in [-0.2, 0) is 6.42 Å². The van der Waals surface area contributed by atoms with E-state index >= 15 is 0 Å². The van der Waals surface area contributed by atoms with Gasteiger partial charge in [-0.05, 0) is 40.6 Å². The highest BCUT2D eigenvalue weighted by molar-refractivity contribution is 7.15. The number of hydrogen-bond acceptors (Lipinski definition) is 3. The van der Waals surface area contributed by atoms with Crippen molar-refractivity contribution in [1.82, 2.24) is 4.98 Å². The van der Waals surface area contributed by atoms with Crippen molar-refractivity contribution in [3.05, 3.63) is 94.0 Å². The van der Waals surface area contributed by atoms with Crippen molar-refractivity contribution in [1.29, 1.82) is 0 Å².